The van der Waals surface area contributed by atoms with E-state index in [1.165, 1.54) is 25.4 Å². The molecule has 11 heteroatoms. The van der Waals surface area contributed by atoms with Gasteiger partial charge in [-0.2, -0.15) is 0 Å². The summed E-state index contributed by atoms with van der Waals surface area (Å²) in [7, 11) is 1.46. The molecule has 0 radical (unpaired) electrons. The van der Waals surface area contributed by atoms with Crippen LogP contribution < -0.4 is 20.1 Å². The van der Waals surface area contributed by atoms with E-state index in [9.17, 15) is 14.7 Å². The van der Waals surface area contributed by atoms with Crippen molar-refractivity contribution in [2.24, 2.45) is 0 Å². The zero-order valence-corrected chi connectivity index (χ0v) is 22.9. The van der Waals surface area contributed by atoms with Crippen LogP contribution in [0.1, 0.15) is 22.3 Å². The number of amides is 2. The first-order valence-electron chi connectivity index (χ1n) is 12.9. The van der Waals surface area contributed by atoms with Gasteiger partial charge in [0.05, 0.1) is 30.7 Å². The van der Waals surface area contributed by atoms with E-state index in [4.69, 9.17) is 21.7 Å². The van der Waals surface area contributed by atoms with E-state index in [2.05, 4.69) is 15.6 Å². The number of aliphatic hydroxyl groups is 1. The molecular formula is C30H27FN4O5S. The maximum absolute atomic E-state index is 15.1. The zero-order valence-electron chi connectivity index (χ0n) is 22.1. The number of carbonyl (C=O) groups is 2. The van der Waals surface area contributed by atoms with Crippen molar-refractivity contribution in [3.05, 3.63) is 89.9 Å². The third-order valence-electron chi connectivity index (χ3n) is 6.57. The second-order valence-corrected chi connectivity index (χ2v) is 9.89. The normalized spacial score (nSPS) is 14.5. The molecule has 1 saturated heterocycles. The average molecular weight is 575 g/mol. The van der Waals surface area contributed by atoms with Crippen LogP contribution in [0.2, 0.25) is 0 Å². The summed E-state index contributed by atoms with van der Waals surface area (Å²) in [6, 6.07) is 18.2. The number of hydrogen-bond donors (Lipinski definition) is 3. The molecule has 41 heavy (non-hydrogen) atoms. The first kappa shape index (κ1) is 27.9. The molecule has 0 bridgehead atoms. The molecule has 1 aliphatic heterocycles. The molecule has 1 fully saturated rings. The number of thiocarbonyl (C=S) groups is 1. The molecule has 0 saturated carbocycles. The number of nitrogens with zero attached hydrogens (tertiary/aromatic N) is 2. The molecule has 0 aliphatic carbocycles. The Balaban J connectivity index is 1.31. The van der Waals surface area contributed by atoms with Crippen molar-refractivity contribution in [3.8, 4) is 17.2 Å². The Kier molecular flexibility index (Phi) is 8.37. The predicted molar refractivity (Wildman–Crippen MR) is 156 cm³/mol. The molecule has 1 aromatic heterocycles. The lowest BCUT2D eigenvalue weighted by atomic mass is 10.1. The van der Waals surface area contributed by atoms with Gasteiger partial charge >= 0.3 is 0 Å². The quantitative estimate of drug-likeness (QED) is 0.278. The molecule has 2 amide bonds. The molecule has 9 nitrogen and oxygen atoms in total. The SMILES string of the molecule is COc1cc2nccc(Oc3ccc(NC(=S)NC(=O)Cc4ccccc4)cc3F)c2cc1C(=O)N1CCC(O)C1. The number of rotatable bonds is 7. The minimum absolute atomic E-state index is 0.0378. The van der Waals surface area contributed by atoms with Gasteiger partial charge in [-0.05, 0) is 48.5 Å². The van der Waals surface area contributed by atoms with Gasteiger partial charge in [-0.3, -0.25) is 14.6 Å². The van der Waals surface area contributed by atoms with Crippen molar-refractivity contribution in [2.45, 2.75) is 18.9 Å². The largest absolute Gasteiger partial charge is 0.496 e. The molecule has 5 rings (SSSR count). The second kappa shape index (κ2) is 12.3. The predicted octanol–water partition coefficient (Wildman–Crippen LogP) is 4.44. The van der Waals surface area contributed by atoms with Crippen LogP contribution in [0.15, 0.2) is 72.9 Å². The molecular weight excluding hydrogens is 547 g/mol. The van der Waals surface area contributed by atoms with E-state index < -0.39 is 11.9 Å². The molecule has 0 spiro atoms. The lowest BCUT2D eigenvalue weighted by Crippen LogP contribution is -2.35. The highest BCUT2D eigenvalue weighted by Gasteiger charge is 2.28. The number of aliphatic hydroxyl groups excluding tert-OH is 1. The minimum atomic E-state index is -0.672. The van der Waals surface area contributed by atoms with E-state index in [1.54, 1.807) is 29.2 Å². The summed E-state index contributed by atoms with van der Waals surface area (Å²) in [5.41, 5.74) is 1.95. The fourth-order valence-corrected chi connectivity index (χ4v) is 4.80. The minimum Gasteiger partial charge on any atom is -0.496 e. The van der Waals surface area contributed by atoms with Gasteiger partial charge in [-0.15, -0.1) is 0 Å². The maximum Gasteiger partial charge on any atom is 0.257 e. The number of hydrogen-bond acceptors (Lipinski definition) is 7. The van der Waals surface area contributed by atoms with Crippen LogP contribution in [0.3, 0.4) is 0 Å². The number of methoxy groups -OCH3 is 1. The lowest BCUT2D eigenvalue weighted by Gasteiger charge is -2.18. The van der Waals surface area contributed by atoms with Crippen molar-refractivity contribution >= 4 is 45.7 Å². The number of nitrogens with one attached hydrogen (secondary N) is 2. The Labute approximate surface area is 240 Å². The summed E-state index contributed by atoms with van der Waals surface area (Å²) in [4.78, 5) is 31.4. The van der Waals surface area contributed by atoms with Crippen molar-refractivity contribution in [2.75, 3.05) is 25.5 Å². The van der Waals surface area contributed by atoms with Gasteiger partial charge in [0.15, 0.2) is 16.7 Å². The van der Waals surface area contributed by atoms with Gasteiger partial charge in [-0.25, -0.2) is 4.39 Å². The molecule has 210 valence electrons. The van der Waals surface area contributed by atoms with E-state index in [1.807, 2.05) is 30.3 Å². The van der Waals surface area contributed by atoms with Crippen molar-refractivity contribution in [3.63, 3.8) is 0 Å². The summed E-state index contributed by atoms with van der Waals surface area (Å²) in [6.07, 6.45) is 1.61. The zero-order chi connectivity index (χ0) is 28.9. The van der Waals surface area contributed by atoms with Gasteiger partial charge in [0, 0.05) is 42.5 Å². The number of benzene rings is 3. The number of likely N-dealkylation sites (tertiary alicyclic amines) is 1. The summed E-state index contributed by atoms with van der Waals surface area (Å²) in [6.45, 7) is 0.672. The van der Waals surface area contributed by atoms with Gasteiger partial charge in [0.1, 0.15) is 11.5 Å². The van der Waals surface area contributed by atoms with E-state index in [-0.39, 0.29) is 47.0 Å². The van der Waals surface area contributed by atoms with Crippen molar-refractivity contribution in [1.82, 2.24) is 15.2 Å². The molecule has 3 N–H and O–H groups in total. The first-order valence-corrected chi connectivity index (χ1v) is 13.3. The van der Waals surface area contributed by atoms with Crippen LogP contribution in [-0.4, -0.2) is 58.2 Å². The molecule has 1 atom stereocenters. The summed E-state index contributed by atoms with van der Waals surface area (Å²) in [5.74, 6) is -0.696. The Morgan fingerprint density at radius 2 is 1.90 bits per heavy atom. The average Bonchev–Trinajstić information content (AvgIpc) is 3.40. The summed E-state index contributed by atoms with van der Waals surface area (Å²) < 4.78 is 26.4. The molecule has 2 heterocycles. The number of aromatic nitrogens is 1. The monoisotopic (exact) mass is 574 g/mol. The third kappa shape index (κ3) is 6.59. The van der Waals surface area contributed by atoms with Crippen LogP contribution in [0.5, 0.6) is 17.2 Å². The van der Waals surface area contributed by atoms with Crippen LogP contribution >= 0.6 is 12.2 Å². The van der Waals surface area contributed by atoms with Crippen molar-refractivity contribution in [1.29, 1.82) is 0 Å². The van der Waals surface area contributed by atoms with E-state index >= 15 is 4.39 Å². The van der Waals surface area contributed by atoms with Crippen molar-refractivity contribution < 1.29 is 28.6 Å². The topological polar surface area (TPSA) is 113 Å². The number of halogens is 1. The lowest BCUT2D eigenvalue weighted by molar-refractivity contribution is -0.119. The fraction of sp³-hybridized carbons (Fsp3) is 0.200. The first-order chi connectivity index (χ1) is 19.8. The Bertz CT molecular complexity index is 1620. The number of carbonyl (C=O) groups excluding carboxylic acids is 2. The van der Waals surface area contributed by atoms with Gasteiger partial charge < -0.3 is 30.1 Å². The van der Waals surface area contributed by atoms with Crippen LogP contribution in [0.4, 0.5) is 10.1 Å². The summed E-state index contributed by atoms with van der Waals surface area (Å²) in [5, 5.41) is 15.8. The van der Waals surface area contributed by atoms with Crippen LogP contribution in [0.25, 0.3) is 10.9 Å². The molecule has 1 aliphatic rings. The molecule has 3 aromatic carbocycles. The third-order valence-corrected chi connectivity index (χ3v) is 6.78. The number of anilines is 1. The second-order valence-electron chi connectivity index (χ2n) is 9.48. The molecule has 4 aromatic rings. The smallest absolute Gasteiger partial charge is 0.257 e. The van der Waals surface area contributed by atoms with Crippen LogP contribution in [0, 0.1) is 5.82 Å². The number of fused-ring (bicyclic) bond motifs is 1. The Morgan fingerprint density at radius 1 is 1.10 bits per heavy atom. The Hall–Kier alpha value is -4.61. The Morgan fingerprint density at radius 3 is 2.61 bits per heavy atom. The fourth-order valence-electron chi connectivity index (χ4n) is 4.56. The highest BCUT2D eigenvalue weighted by atomic mass is 32.1. The van der Waals surface area contributed by atoms with Gasteiger partial charge in [0.25, 0.3) is 5.91 Å². The van der Waals surface area contributed by atoms with Gasteiger partial charge in [0.2, 0.25) is 5.91 Å². The highest BCUT2D eigenvalue weighted by Crippen LogP contribution is 2.35. The standard InChI is InChI=1S/C30H27FN4O5S/c1-39-27-16-24-21(15-22(27)29(38)35-12-10-20(36)17-35)25(9-11-32-24)40-26-8-7-19(14-23(26)31)33-30(41)34-28(37)13-18-5-3-2-4-6-18/h2-9,11,14-16,20,36H,10,12-13,17H2,1H3,(H2,33,34,37,41). The van der Waals surface area contributed by atoms with Gasteiger partial charge in [-0.1, -0.05) is 30.3 Å². The number of β-amino-alcohol motifs (C(OH)–C–C–N with tert-alkyl or cyclic N) is 1. The number of pyridine rings is 1. The highest BCUT2D eigenvalue weighted by molar-refractivity contribution is 7.80. The number of ether oxygens (including phenoxy) is 2. The van der Waals surface area contributed by atoms with Crippen LogP contribution in [-0.2, 0) is 11.2 Å². The maximum atomic E-state index is 15.1. The molecule has 1 unspecified atom stereocenters. The summed E-state index contributed by atoms with van der Waals surface area (Å²) >= 11 is 5.20. The van der Waals surface area contributed by atoms with E-state index in [0.717, 1.165) is 5.56 Å². The van der Waals surface area contributed by atoms with E-state index in [0.29, 0.717) is 35.3 Å².